The second-order valence-corrected chi connectivity index (χ2v) is 8.94. The van der Waals surface area contributed by atoms with Crippen LogP contribution in [0.1, 0.15) is 41.6 Å². The molecule has 1 N–H and O–H groups in total. The first-order valence-electron chi connectivity index (χ1n) is 10.3. The molecule has 170 valence electrons. The number of nitrogens with zero attached hydrogens (tertiary/aromatic N) is 3. The number of carbonyl (C=O) groups is 1. The van der Waals surface area contributed by atoms with E-state index in [0.717, 1.165) is 5.56 Å². The molecule has 0 radical (unpaired) electrons. The highest BCUT2D eigenvalue weighted by atomic mass is 32.2. The SMILES string of the molecule is CCN(CC)C(=O)c1ccc(S(=O)(=O)NC(c2ccc(OC)cc2)c2nccn2C)cc1. The lowest BCUT2D eigenvalue weighted by molar-refractivity contribution is 0.0773. The van der Waals surface area contributed by atoms with Gasteiger partial charge in [0, 0.05) is 38.1 Å². The number of hydrogen-bond donors (Lipinski definition) is 1. The molecular weight excluding hydrogens is 428 g/mol. The van der Waals surface area contributed by atoms with Gasteiger partial charge in [0.15, 0.2) is 0 Å². The highest BCUT2D eigenvalue weighted by molar-refractivity contribution is 7.89. The van der Waals surface area contributed by atoms with Gasteiger partial charge in [-0.1, -0.05) is 12.1 Å². The van der Waals surface area contributed by atoms with Crippen LogP contribution in [0.3, 0.4) is 0 Å². The number of rotatable bonds is 9. The van der Waals surface area contributed by atoms with E-state index in [4.69, 9.17) is 4.74 Å². The molecule has 2 aromatic carbocycles. The molecule has 1 aromatic heterocycles. The van der Waals surface area contributed by atoms with Gasteiger partial charge in [-0.3, -0.25) is 4.79 Å². The highest BCUT2D eigenvalue weighted by Crippen LogP contribution is 2.25. The Kier molecular flexibility index (Phi) is 7.32. The second kappa shape index (κ2) is 9.97. The van der Waals surface area contributed by atoms with Crippen molar-refractivity contribution in [2.24, 2.45) is 7.05 Å². The number of hydrogen-bond acceptors (Lipinski definition) is 5. The number of aromatic nitrogens is 2. The average molecular weight is 457 g/mol. The van der Waals surface area contributed by atoms with Crippen LogP contribution in [0, 0.1) is 0 Å². The summed E-state index contributed by atoms with van der Waals surface area (Å²) >= 11 is 0. The Balaban J connectivity index is 1.91. The average Bonchev–Trinajstić information content (AvgIpc) is 3.24. The summed E-state index contributed by atoms with van der Waals surface area (Å²) in [4.78, 5) is 18.6. The zero-order valence-electron chi connectivity index (χ0n) is 18.6. The molecule has 0 aliphatic rings. The highest BCUT2D eigenvalue weighted by Gasteiger charge is 2.26. The first-order chi connectivity index (χ1) is 15.3. The molecule has 32 heavy (non-hydrogen) atoms. The van der Waals surface area contributed by atoms with Crippen molar-refractivity contribution in [3.05, 3.63) is 77.9 Å². The number of sulfonamides is 1. The van der Waals surface area contributed by atoms with Gasteiger partial charge in [-0.15, -0.1) is 0 Å². The van der Waals surface area contributed by atoms with Crippen LogP contribution in [0.15, 0.2) is 65.8 Å². The van der Waals surface area contributed by atoms with Gasteiger partial charge >= 0.3 is 0 Å². The number of nitrogens with one attached hydrogen (secondary N) is 1. The summed E-state index contributed by atoms with van der Waals surface area (Å²) in [5.41, 5.74) is 1.17. The predicted molar refractivity (Wildman–Crippen MR) is 122 cm³/mol. The molecule has 0 spiro atoms. The lowest BCUT2D eigenvalue weighted by Crippen LogP contribution is -2.32. The molecule has 0 aliphatic heterocycles. The van der Waals surface area contributed by atoms with Crippen molar-refractivity contribution in [1.29, 1.82) is 0 Å². The molecule has 9 heteroatoms. The van der Waals surface area contributed by atoms with Crippen LogP contribution in [-0.2, 0) is 17.1 Å². The molecule has 1 amide bonds. The minimum absolute atomic E-state index is 0.0707. The van der Waals surface area contributed by atoms with E-state index in [1.54, 1.807) is 72.4 Å². The Hall–Kier alpha value is -3.17. The fraction of sp³-hybridized carbons (Fsp3) is 0.304. The van der Waals surface area contributed by atoms with Crippen molar-refractivity contribution in [3.63, 3.8) is 0 Å². The van der Waals surface area contributed by atoms with Gasteiger partial charge in [0.25, 0.3) is 5.91 Å². The molecular formula is C23H28N4O4S. The minimum Gasteiger partial charge on any atom is -0.497 e. The number of ether oxygens (including phenoxy) is 1. The third-order valence-electron chi connectivity index (χ3n) is 5.30. The zero-order chi connectivity index (χ0) is 23.3. The molecule has 0 bridgehead atoms. The standard InChI is InChI=1S/C23H28N4O4S/c1-5-27(6-2)23(28)18-9-13-20(14-10-18)32(29,30)25-21(22-24-15-16-26(22)3)17-7-11-19(31-4)12-8-17/h7-16,21,25H,5-6H2,1-4H3. The Morgan fingerprint density at radius 1 is 1.09 bits per heavy atom. The van der Waals surface area contributed by atoms with Gasteiger partial charge in [0.2, 0.25) is 10.0 Å². The lowest BCUT2D eigenvalue weighted by Gasteiger charge is -2.20. The van der Waals surface area contributed by atoms with Crippen LogP contribution in [0.25, 0.3) is 0 Å². The van der Waals surface area contributed by atoms with Crippen molar-refractivity contribution in [3.8, 4) is 5.75 Å². The van der Waals surface area contributed by atoms with Crippen molar-refractivity contribution >= 4 is 15.9 Å². The molecule has 3 rings (SSSR count). The summed E-state index contributed by atoms with van der Waals surface area (Å²) in [6.07, 6.45) is 3.38. The molecule has 1 unspecified atom stereocenters. The summed E-state index contributed by atoms with van der Waals surface area (Å²) in [5.74, 6) is 1.09. The Morgan fingerprint density at radius 2 is 1.72 bits per heavy atom. The van der Waals surface area contributed by atoms with E-state index in [0.29, 0.717) is 30.2 Å². The number of aryl methyl sites for hydroxylation is 1. The van der Waals surface area contributed by atoms with E-state index in [1.807, 2.05) is 13.8 Å². The van der Waals surface area contributed by atoms with Gasteiger partial charge in [0.05, 0.1) is 12.0 Å². The quantitative estimate of drug-likeness (QED) is 0.534. The van der Waals surface area contributed by atoms with Crippen molar-refractivity contribution in [2.45, 2.75) is 24.8 Å². The number of methoxy groups -OCH3 is 1. The van der Waals surface area contributed by atoms with E-state index in [9.17, 15) is 13.2 Å². The minimum atomic E-state index is -3.90. The van der Waals surface area contributed by atoms with Crippen LogP contribution in [0.2, 0.25) is 0 Å². The summed E-state index contributed by atoms with van der Waals surface area (Å²) in [6.45, 7) is 4.98. The Labute approximate surface area is 188 Å². The fourth-order valence-electron chi connectivity index (χ4n) is 3.41. The van der Waals surface area contributed by atoms with Crippen molar-refractivity contribution in [1.82, 2.24) is 19.2 Å². The molecule has 0 saturated carbocycles. The van der Waals surface area contributed by atoms with E-state index in [1.165, 1.54) is 12.1 Å². The zero-order valence-corrected chi connectivity index (χ0v) is 19.5. The molecule has 1 heterocycles. The van der Waals surface area contributed by atoms with E-state index in [2.05, 4.69) is 9.71 Å². The van der Waals surface area contributed by atoms with Crippen LogP contribution >= 0.6 is 0 Å². The Bertz CT molecular complexity index is 1150. The molecule has 8 nitrogen and oxygen atoms in total. The van der Waals surface area contributed by atoms with Gasteiger partial charge in [0.1, 0.15) is 17.6 Å². The third kappa shape index (κ3) is 5.00. The maximum Gasteiger partial charge on any atom is 0.253 e. The topological polar surface area (TPSA) is 93.5 Å². The summed E-state index contributed by atoms with van der Waals surface area (Å²) in [5, 5.41) is 0. The summed E-state index contributed by atoms with van der Waals surface area (Å²) in [6, 6.07) is 12.4. The van der Waals surface area contributed by atoms with Crippen LogP contribution in [0.5, 0.6) is 5.75 Å². The molecule has 3 aromatic rings. The van der Waals surface area contributed by atoms with Gasteiger partial charge in [-0.05, 0) is 55.8 Å². The molecule has 0 fully saturated rings. The normalized spacial score (nSPS) is 12.4. The predicted octanol–water partition coefficient (Wildman–Crippen LogP) is 2.98. The van der Waals surface area contributed by atoms with Gasteiger partial charge < -0.3 is 14.2 Å². The smallest absolute Gasteiger partial charge is 0.253 e. The van der Waals surface area contributed by atoms with Crippen LogP contribution in [0.4, 0.5) is 0 Å². The summed E-state index contributed by atoms with van der Waals surface area (Å²) in [7, 11) is -0.521. The first-order valence-corrected chi connectivity index (χ1v) is 11.8. The van der Waals surface area contributed by atoms with Crippen LogP contribution in [-0.4, -0.2) is 49.0 Å². The van der Waals surface area contributed by atoms with Crippen molar-refractivity contribution in [2.75, 3.05) is 20.2 Å². The molecule has 0 aliphatic carbocycles. The molecule has 1 atom stereocenters. The Morgan fingerprint density at radius 3 is 2.22 bits per heavy atom. The van der Waals surface area contributed by atoms with E-state index >= 15 is 0 Å². The third-order valence-corrected chi connectivity index (χ3v) is 6.74. The number of amides is 1. The van der Waals surface area contributed by atoms with E-state index < -0.39 is 16.1 Å². The largest absolute Gasteiger partial charge is 0.497 e. The number of benzene rings is 2. The molecule has 0 saturated heterocycles. The van der Waals surface area contributed by atoms with Gasteiger partial charge in [-0.25, -0.2) is 13.4 Å². The lowest BCUT2D eigenvalue weighted by atomic mass is 10.1. The van der Waals surface area contributed by atoms with E-state index in [-0.39, 0.29) is 10.8 Å². The maximum absolute atomic E-state index is 13.2. The number of carbonyl (C=O) groups excluding carboxylic acids is 1. The van der Waals surface area contributed by atoms with Gasteiger partial charge in [-0.2, -0.15) is 4.72 Å². The second-order valence-electron chi connectivity index (χ2n) is 7.23. The summed E-state index contributed by atoms with van der Waals surface area (Å²) < 4.78 is 36.1. The maximum atomic E-state index is 13.2. The van der Waals surface area contributed by atoms with Crippen LogP contribution < -0.4 is 9.46 Å². The number of imidazole rings is 1. The fourth-order valence-corrected chi connectivity index (χ4v) is 4.60. The first kappa shape index (κ1) is 23.5. The van der Waals surface area contributed by atoms with Crippen molar-refractivity contribution < 1.29 is 17.9 Å². The monoisotopic (exact) mass is 456 g/mol.